The average molecular weight is 141 g/mol. The van der Waals surface area contributed by atoms with E-state index in [0.717, 1.165) is 0 Å². The monoisotopic (exact) mass is 141 g/mol. The van der Waals surface area contributed by atoms with E-state index in [4.69, 9.17) is 0 Å². The normalized spacial score (nSPS) is 10.1. The van der Waals surface area contributed by atoms with Crippen molar-refractivity contribution in [1.29, 1.82) is 0 Å². The zero-order valence-corrected chi connectivity index (χ0v) is 7.61. The first-order valence-electron chi connectivity index (χ1n) is 3.82. The fourth-order valence-corrected chi connectivity index (χ4v) is 2.91. The van der Waals surface area contributed by atoms with Crippen LogP contribution < -0.4 is 0 Å². The second kappa shape index (κ2) is 6.08. The predicted octanol–water partition coefficient (Wildman–Crippen LogP) is 3.03. The predicted molar refractivity (Wildman–Crippen MR) is 46.1 cm³/mol. The van der Waals surface area contributed by atoms with Gasteiger partial charge in [-0.2, -0.15) is 0 Å². The highest BCUT2D eigenvalue weighted by atomic mass is 28.3. The van der Waals surface area contributed by atoms with Crippen molar-refractivity contribution in [3.05, 3.63) is 12.3 Å². The van der Waals surface area contributed by atoms with Gasteiger partial charge < -0.3 is 0 Å². The first-order valence-corrected chi connectivity index (χ1v) is 5.81. The molecule has 0 saturated carbocycles. The summed E-state index contributed by atoms with van der Waals surface area (Å²) >= 11 is 0. The van der Waals surface area contributed by atoms with Gasteiger partial charge in [0.05, 0.1) is 8.80 Å². The van der Waals surface area contributed by atoms with Gasteiger partial charge >= 0.3 is 0 Å². The Balaban J connectivity index is 3.29. The second-order valence-corrected chi connectivity index (χ2v) is 5.09. The van der Waals surface area contributed by atoms with E-state index >= 15 is 0 Å². The molecule has 53 valence electrons. The zero-order chi connectivity index (χ0) is 7.11. The molecule has 0 unspecified atom stereocenters. The molecule has 0 bridgehead atoms. The second-order valence-electron chi connectivity index (χ2n) is 2.36. The van der Waals surface area contributed by atoms with Crippen molar-refractivity contribution >= 4 is 8.80 Å². The Kier molecular flexibility index (Phi) is 6.05. The highest BCUT2D eigenvalue weighted by Crippen LogP contribution is 2.05. The van der Waals surface area contributed by atoms with Crippen LogP contribution in [0.3, 0.4) is 0 Å². The molecule has 9 heavy (non-hydrogen) atoms. The molecule has 0 nitrogen and oxygen atoms in total. The van der Waals surface area contributed by atoms with Crippen LogP contribution in [0.4, 0.5) is 0 Å². The molecule has 0 rings (SSSR count). The summed E-state index contributed by atoms with van der Waals surface area (Å²) in [5.41, 5.74) is 2.19. The van der Waals surface area contributed by atoms with E-state index in [1.165, 1.54) is 24.9 Å². The van der Waals surface area contributed by atoms with Gasteiger partial charge in [0, 0.05) is 0 Å². The van der Waals surface area contributed by atoms with Crippen molar-refractivity contribution in [1.82, 2.24) is 0 Å². The number of hydrogen-bond acceptors (Lipinski definition) is 0. The largest absolute Gasteiger partial charge is 0.107 e. The molecule has 0 aromatic rings. The van der Waals surface area contributed by atoms with Gasteiger partial charge in [0.2, 0.25) is 0 Å². The molecule has 0 heterocycles. The van der Waals surface area contributed by atoms with Gasteiger partial charge in [-0.05, 0) is 0 Å². The number of rotatable bonds is 5. The third-order valence-electron chi connectivity index (χ3n) is 1.43. The van der Waals surface area contributed by atoms with E-state index in [2.05, 4.69) is 26.1 Å². The Bertz CT molecular complexity index is 63.0. The third kappa shape index (κ3) is 4.46. The quantitative estimate of drug-likeness (QED) is 0.516. The summed E-state index contributed by atoms with van der Waals surface area (Å²) in [4.78, 5) is 0. The Morgan fingerprint density at radius 3 is 1.89 bits per heavy atom. The van der Waals surface area contributed by atoms with Gasteiger partial charge in [-0.15, -0.1) is 12.3 Å². The summed E-state index contributed by atoms with van der Waals surface area (Å²) in [6, 6.07) is 2.84. The van der Waals surface area contributed by atoms with Gasteiger partial charge in [0.1, 0.15) is 0 Å². The van der Waals surface area contributed by atoms with Crippen LogP contribution in [0, 0.1) is 0 Å². The van der Waals surface area contributed by atoms with Crippen molar-refractivity contribution in [2.75, 3.05) is 0 Å². The van der Waals surface area contributed by atoms with Crippen LogP contribution in [-0.4, -0.2) is 8.80 Å². The smallest absolute Gasteiger partial charge is 0.0749 e. The topological polar surface area (TPSA) is 0 Å². The van der Waals surface area contributed by atoms with Crippen molar-refractivity contribution in [2.45, 2.75) is 38.8 Å². The van der Waals surface area contributed by atoms with E-state index in [1.807, 2.05) is 0 Å². The number of hydrogen-bond donors (Lipinski definition) is 0. The summed E-state index contributed by atoms with van der Waals surface area (Å²) in [6.45, 7) is 8.35. The van der Waals surface area contributed by atoms with Crippen LogP contribution in [0.2, 0.25) is 12.1 Å². The fraction of sp³-hybridized carbons (Fsp3) is 0.750. The molecule has 0 aromatic heterocycles. The van der Waals surface area contributed by atoms with Crippen LogP contribution in [0.15, 0.2) is 12.3 Å². The summed E-state index contributed by atoms with van der Waals surface area (Å²) in [5, 5.41) is 0. The van der Waals surface area contributed by atoms with E-state index in [-0.39, 0.29) is 8.80 Å². The van der Waals surface area contributed by atoms with Gasteiger partial charge in [0.15, 0.2) is 0 Å². The summed E-state index contributed by atoms with van der Waals surface area (Å²) in [6.07, 6.45) is 2.67. The van der Waals surface area contributed by atoms with Crippen LogP contribution in [0.25, 0.3) is 0 Å². The molecular weight excluding hydrogens is 124 g/mol. The molecular formula is C8H17Si. The van der Waals surface area contributed by atoms with Crippen molar-refractivity contribution in [2.24, 2.45) is 0 Å². The van der Waals surface area contributed by atoms with Crippen LogP contribution in [0.1, 0.15) is 26.7 Å². The molecule has 0 spiro atoms. The molecule has 0 aliphatic heterocycles. The Morgan fingerprint density at radius 2 is 1.67 bits per heavy atom. The van der Waals surface area contributed by atoms with Crippen molar-refractivity contribution in [3.63, 3.8) is 0 Å². The van der Waals surface area contributed by atoms with E-state index in [1.54, 1.807) is 0 Å². The molecule has 1 radical (unpaired) electrons. The fourth-order valence-electron chi connectivity index (χ4n) is 0.971. The molecule has 0 fully saturated rings. The first kappa shape index (κ1) is 8.96. The van der Waals surface area contributed by atoms with E-state index in [9.17, 15) is 0 Å². The van der Waals surface area contributed by atoms with Gasteiger partial charge in [-0.1, -0.05) is 38.8 Å². The maximum atomic E-state index is 3.84. The minimum atomic E-state index is -0.122. The van der Waals surface area contributed by atoms with Gasteiger partial charge in [-0.25, -0.2) is 0 Å². The maximum Gasteiger partial charge on any atom is 0.0749 e. The molecule has 0 aromatic carbocycles. The third-order valence-corrected chi connectivity index (χ3v) is 4.29. The minimum absolute atomic E-state index is 0.122. The standard InChI is InChI=1S/C8H17Si/c1-4-7-9(6-3)8-5-2/h6H,3-5,7-8H2,1-2H3. The van der Waals surface area contributed by atoms with E-state index < -0.39 is 0 Å². The first-order chi connectivity index (χ1) is 4.35. The minimum Gasteiger partial charge on any atom is -0.107 e. The zero-order valence-electron chi connectivity index (χ0n) is 6.61. The van der Waals surface area contributed by atoms with Gasteiger partial charge in [-0.3, -0.25) is 0 Å². The molecule has 1 heteroatoms. The molecule has 0 amide bonds. The lowest BCUT2D eigenvalue weighted by atomic mass is 10.6. The Labute approximate surface area is 60.6 Å². The Morgan fingerprint density at radius 1 is 1.22 bits per heavy atom. The molecule has 0 atom stereocenters. The Hall–Kier alpha value is -0.0431. The highest BCUT2D eigenvalue weighted by Gasteiger charge is 2.01. The molecule has 0 N–H and O–H groups in total. The molecule has 0 aliphatic rings. The van der Waals surface area contributed by atoms with Crippen molar-refractivity contribution in [3.8, 4) is 0 Å². The average Bonchev–Trinajstić information content (AvgIpc) is 1.88. The summed E-state index contributed by atoms with van der Waals surface area (Å²) in [5.74, 6) is 0. The summed E-state index contributed by atoms with van der Waals surface area (Å²) < 4.78 is 0. The summed E-state index contributed by atoms with van der Waals surface area (Å²) in [7, 11) is -0.122. The molecule has 0 saturated heterocycles. The highest BCUT2D eigenvalue weighted by molar-refractivity contribution is 6.64. The molecule has 0 aliphatic carbocycles. The van der Waals surface area contributed by atoms with Crippen LogP contribution >= 0.6 is 0 Å². The maximum absolute atomic E-state index is 3.84. The van der Waals surface area contributed by atoms with E-state index in [0.29, 0.717) is 0 Å². The van der Waals surface area contributed by atoms with Crippen molar-refractivity contribution < 1.29 is 0 Å². The lowest BCUT2D eigenvalue weighted by Crippen LogP contribution is -2.06. The van der Waals surface area contributed by atoms with Gasteiger partial charge in [0.25, 0.3) is 0 Å². The van der Waals surface area contributed by atoms with Crippen LogP contribution in [0.5, 0.6) is 0 Å². The lowest BCUT2D eigenvalue weighted by molar-refractivity contribution is 1.01. The SMILES string of the molecule is C=C[Si](CCC)CCC. The van der Waals surface area contributed by atoms with Crippen LogP contribution in [-0.2, 0) is 0 Å². The lowest BCUT2D eigenvalue weighted by Gasteiger charge is -2.04.